The molecule has 2 aliphatic heterocycles. The van der Waals surface area contributed by atoms with Gasteiger partial charge in [0.2, 0.25) is 11.9 Å². The number of nitrogens with zero attached hydrogens (tertiary/aromatic N) is 5. The van der Waals surface area contributed by atoms with Crippen LogP contribution in [0.3, 0.4) is 0 Å². The molecule has 0 spiro atoms. The number of carbonyl (C=O) groups is 1. The highest BCUT2D eigenvalue weighted by Crippen LogP contribution is 2.38. The van der Waals surface area contributed by atoms with Crippen LogP contribution in [0, 0.1) is 5.92 Å². The summed E-state index contributed by atoms with van der Waals surface area (Å²) >= 11 is 0. The molecule has 2 saturated heterocycles. The van der Waals surface area contributed by atoms with E-state index in [1.54, 1.807) is 0 Å². The number of aliphatic hydroxyl groups excluding tert-OH is 1. The predicted octanol–water partition coefficient (Wildman–Crippen LogP) is 4.17. The summed E-state index contributed by atoms with van der Waals surface area (Å²) < 4.78 is 2.37. The lowest BCUT2D eigenvalue weighted by atomic mass is 9.89. The Bertz CT molecular complexity index is 1040. The normalized spacial score (nSPS) is 27.0. The Labute approximate surface area is 215 Å². The SMILES string of the molecule is CCC[C@H](C)Nc1ncc2c(C3CCN(C(=O)[C@H]4CCN(C)C4)CC3)cn(C3CCC(O)CC3)c2n1. The van der Waals surface area contributed by atoms with Gasteiger partial charge in [0, 0.05) is 49.5 Å². The number of aromatic nitrogens is 3. The summed E-state index contributed by atoms with van der Waals surface area (Å²) in [7, 11) is 2.11. The molecule has 0 unspecified atom stereocenters. The Hall–Kier alpha value is -2.19. The number of hydrogen-bond donors (Lipinski definition) is 2. The Morgan fingerprint density at radius 3 is 2.56 bits per heavy atom. The van der Waals surface area contributed by atoms with Crippen LogP contribution in [0.15, 0.2) is 12.4 Å². The van der Waals surface area contributed by atoms with Gasteiger partial charge in [-0.2, -0.15) is 4.98 Å². The summed E-state index contributed by atoms with van der Waals surface area (Å²) in [6, 6.07) is 0.697. The Morgan fingerprint density at radius 1 is 1.14 bits per heavy atom. The summed E-state index contributed by atoms with van der Waals surface area (Å²) in [5.41, 5.74) is 2.34. The summed E-state index contributed by atoms with van der Waals surface area (Å²) in [5.74, 6) is 1.64. The summed E-state index contributed by atoms with van der Waals surface area (Å²) in [4.78, 5) is 27.2. The Kier molecular flexibility index (Phi) is 7.82. The second-order valence-corrected chi connectivity index (χ2v) is 11.6. The molecule has 8 heteroatoms. The van der Waals surface area contributed by atoms with E-state index in [9.17, 15) is 9.90 Å². The van der Waals surface area contributed by atoms with Gasteiger partial charge < -0.3 is 24.8 Å². The average molecular weight is 497 g/mol. The first-order chi connectivity index (χ1) is 17.4. The largest absolute Gasteiger partial charge is 0.393 e. The molecule has 3 fully saturated rings. The van der Waals surface area contributed by atoms with Crippen molar-refractivity contribution in [2.75, 3.05) is 38.5 Å². The standard InChI is InChI=1S/C28H44N6O2/c1-4-5-19(2)30-28-29-16-24-25(18-34(26(24)31-28)22-6-8-23(35)9-7-22)20-11-14-33(15-12-20)27(36)21-10-13-32(3)17-21/h16,18-23,35H,4-15,17H2,1-3H3,(H,29,30,31)/t19-,21-,22?,23?/m0/s1. The first-order valence-corrected chi connectivity index (χ1v) is 14.2. The zero-order valence-corrected chi connectivity index (χ0v) is 22.3. The smallest absolute Gasteiger partial charge is 0.227 e. The number of nitrogens with one attached hydrogen (secondary N) is 1. The van der Waals surface area contributed by atoms with Crippen LogP contribution >= 0.6 is 0 Å². The van der Waals surface area contributed by atoms with Crippen LogP contribution in [0.1, 0.15) is 89.2 Å². The van der Waals surface area contributed by atoms with Crippen LogP contribution in [0.2, 0.25) is 0 Å². The predicted molar refractivity (Wildman–Crippen MR) is 143 cm³/mol. The quantitative estimate of drug-likeness (QED) is 0.599. The summed E-state index contributed by atoms with van der Waals surface area (Å²) in [6.07, 6.45) is 13.0. The summed E-state index contributed by atoms with van der Waals surface area (Å²) in [6.45, 7) is 7.97. The minimum atomic E-state index is -0.175. The molecule has 2 aromatic heterocycles. The van der Waals surface area contributed by atoms with Gasteiger partial charge in [-0.25, -0.2) is 4.98 Å². The monoisotopic (exact) mass is 496 g/mol. The van der Waals surface area contributed by atoms with Gasteiger partial charge in [-0.15, -0.1) is 0 Å². The van der Waals surface area contributed by atoms with E-state index in [0.717, 1.165) is 95.0 Å². The van der Waals surface area contributed by atoms with Crippen LogP contribution in [-0.2, 0) is 4.79 Å². The maximum absolute atomic E-state index is 13.1. The molecule has 2 N–H and O–H groups in total. The van der Waals surface area contributed by atoms with Crippen molar-refractivity contribution in [2.24, 2.45) is 5.92 Å². The van der Waals surface area contributed by atoms with Crippen molar-refractivity contribution in [1.82, 2.24) is 24.3 Å². The third-order valence-corrected chi connectivity index (χ3v) is 8.75. The molecule has 0 radical (unpaired) electrons. The Morgan fingerprint density at radius 2 is 1.89 bits per heavy atom. The molecule has 1 aliphatic carbocycles. The molecule has 36 heavy (non-hydrogen) atoms. The fourth-order valence-electron chi connectivity index (χ4n) is 6.59. The summed E-state index contributed by atoms with van der Waals surface area (Å²) in [5, 5.41) is 14.7. The van der Waals surface area contributed by atoms with Crippen molar-refractivity contribution in [1.29, 1.82) is 0 Å². The van der Waals surface area contributed by atoms with E-state index in [0.29, 0.717) is 29.9 Å². The van der Waals surface area contributed by atoms with E-state index >= 15 is 0 Å². The van der Waals surface area contributed by atoms with Crippen LogP contribution in [-0.4, -0.2) is 80.7 Å². The average Bonchev–Trinajstić information content (AvgIpc) is 3.48. The zero-order chi connectivity index (χ0) is 25.2. The van der Waals surface area contributed by atoms with Crippen molar-refractivity contribution < 1.29 is 9.90 Å². The topological polar surface area (TPSA) is 86.5 Å². The van der Waals surface area contributed by atoms with Crippen LogP contribution < -0.4 is 5.32 Å². The fraction of sp³-hybridized carbons (Fsp3) is 0.750. The van der Waals surface area contributed by atoms with Crippen molar-refractivity contribution in [2.45, 2.75) is 95.7 Å². The van der Waals surface area contributed by atoms with Gasteiger partial charge in [0.1, 0.15) is 5.65 Å². The lowest BCUT2D eigenvalue weighted by molar-refractivity contribution is -0.136. The number of likely N-dealkylation sites (tertiary alicyclic amines) is 2. The molecule has 2 atom stereocenters. The number of aliphatic hydroxyl groups is 1. The lowest BCUT2D eigenvalue weighted by Gasteiger charge is -2.33. The van der Waals surface area contributed by atoms with Gasteiger partial charge in [0.15, 0.2) is 0 Å². The number of anilines is 1. The number of hydrogen-bond acceptors (Lipinski definition) is 6. The van der Waals surface area contributed by atoms with E-state index in [4.69, 9.17) is 9.97 Å². The van der Waals surface area contributed by atoms with Crippen molar-refractivity contribution in [3.63, 3.8) is 0 Å². The minimum Gasteiger partial charge on any atom is -0.393 e. The molecule has 4 heterocycles. The molecule has 0 bridgehead atoms. The molecule has 3 aliphatic rings. The van der Waals surface area contributed by atoms with E-state index in [1.165, 1.54) is 5.56 Å². The third-order valence-electron chi connectivity index (χ3n) is 8.75. The highest BCUT2D eigenvalue weighted by molar-refractivity contribution is 5.82. The molecule has 1 saturated carbocycles. The van der Waals surface area contributed by atoms with Gasteiger partial charge >= 0.3 is 0 Å². The molecular weight excluding hydrogens is 452 g/mol. The van der Waals surface area contributed by atoms with E-state index in [-0.39, 0.29) is 12.0 Å². The number of fused-ring (bicyclic) bond motifs is 1. The van der Waals surface area contributed by atoms with E-state index in [1.807, 2.05) is 6.20 Å². The highest BCUT2D eigenvalue weighted by atomic mass is 16.3. The van der Waals surface area contributed by atoms with Crippen molar-refractivity contribution in [3.8, 4) is 0 Å². The number of rotatable bonds is 7. The zero-order valence-electron chi connectivity index (χ0n) is 22.3. The van der Waals surface area contributed by atoms with Crippen LogP contribution in [0.5, 0.6) is 0 Å². The maximum Gasteiger partial charge on any atom is 0.227 e. The van der Waals surface area contributed by atoms with Gasteiger partial charge in [-0.05, 0) is 83.4 Å². The lowest BCUT2D eigenvalue weighted by Crippen LogP contribution is -2.42. The van der Waals surface area contributed by atoms with Crippen LogP contribution in [0.25, 0.3) is 11.0 Å². The fourth-order valence-corrected chi connectivity index (χ4v) is 6.59. The first-order valence-electron chi connectivity index (χ1n) is 14.2. The second-order valence-electron chi connectivity index (χ2n) is 11.6. The minimum absolute atomic E-state index is 0.171. The van der Waals surface area contributed by atoms with E-state index < -0.39 is 0 Å². The van der Waals surface area contributed by atoms with Crippen LogP contribution in [0.4, 0.5) is 5.95 Å². The van der Waals surface area contributed by atoms with Gasteiger partial charge in [-0.1, -0.05) is 13.3 Å². The van der Waals surface area contributed by atoms with Crippen molar-refractivity contribution >= 4 is 22.9 Å². The molecule has 8 nitrogen and oxygen atoms in total. The molecule has 0 aromatic carbocycles. The number of carbonyl (C=O) groups excluding carboxylic acids is 1. The molecular formula is C28H44N6O2. The molecule has 1 amide bonds. The molecule has 198 valence electrons. The van der Waals surface area contributed by atoms with Gasteiger partial charge in [0.05, 0.1) is 12.0 Å². The van der Waals surface area contributed by atoms with Gasteiger partial charge in [-0.3, -0.25) is 4.79 Å². The molecule has 2 aromatic rings. The van der Waals surface area contributed by atoms with Gasteiger partial charge in [0.25, 0.3) is 0 Å². The molecule has 5 rings (SSSR count). The third kappa shape index (κ3) is 5.40. The van der Waals surface area contributed by atoms with E-state index in [2.05, 4.69) is 46.8 Å². The second kappa shape index (κ2) is 11.1. The maximum atomic E-state index is 13.1. The highest BCUT2D eigenvalue weighted by Gasteiger charge is 2.33. The van der Waals surface area contributed by atoms with Crippen molar-refractivity contribution in [3.05, 3.63) is 18.0 Å². The first kappa shape index (κ1) is 25.5. The number of piperidine rings is 1. The Balaban J connectivity index is 1.36. The number of amides is 1.